The minimum atomic E-state index is 0.845. The van der Waals surface area contributed by atoms with E-state index in [1.54, 1.807) is 22.3 Å². The fourth-order valence-electron chi connectivity index (χ4n) is 3.48. The van der Waals surface area contributed by atoms with Crippen LogP contribution in [-0.4, -0.2) is 0 Å². The molecule has 84 valence electrons. The Labute approximate surface area is 98.4 Å². The van der Waals surface area contributed by atoms with E-state index in [-0.39, 0.29) is 0 Å². The SMILES string of the molecule is C/C=C(/C)C1=C(C)C2=C(C=CCC2)C2CC12. The molecule has 1 fully saturated rings. The molecule has 0 aliphatic heterocycles. The van der Waals surface area contributed by atoms with Gasteiger partial charge in [-0.3, -0.25) is 0 Å². The third-order valence-corrected chi connectivity index (χ3v) is 4.48. The Kier molecular flexibility index (Phi) is 2.20. The van der Waals surface area contributed by atoms with Gasteiger partial charge in [0.05, 0.1) is 0 Å². The molecule has 16 heavy (non-hydrogen) atoms. The Balaban J connectivity index is 2.13. The van der Waals surface area contributed by atoms with E-state index in [0.717, 1.165) is 11.8 Å². The highest BCUT2D eigenvalue weighted by molar-refractivity contribution is 5.57. The first kappa shape index (κ1) is 10.1. The van der Waals surface area contributed by atoms with E-state index in [9.17, 15) is 0 Å². The largest absolute Gasteiger partial charge is 0.0844 e. The van der Waals surface area contributed by atoms with Crippen molar-refractivity contribution in [3.63, 3.8) is 0 Å². The van der Waals surface area contributed by atoms with E-state index < -0.39 is 0 Å². The smallest absolute Gasteiger partial charge is 0.00815 e. The molecule has 0 heteroatoms. The van der Waals surface area contributed by atoms with E-state index in [4.69, 9.17) is 0 Å². The van der Waals surface area contributed by atoms with Crippen LogP contribution < -0.4 is 0 Å². The van der Waals surface area contributed by atoms with E-state index in [1.807, 2.05) is 0 Å². The topological polar surface area (TPSA) is 0 Å². The Morgan fingerprint density at radius 1 is 1.38 bits per heavy atom. The number of rotatable bonds is 1. The molecule has 0 bridgehead atoms. The van der Waals surface area contributed by atoms with Crippen LogP contribution in [0.25, 0.3) is 0 Å². The van der Waals surface area contributed by atoms with Gasteiger partial charge in [0.15, 0.2) is 0 Å². The summed E-state index contributed by atoms with van der Waals surface area (Å²) in [5.41, 5.74) is 8.10. The lowest BCUT2D eigenvalue weighted by Crippen LogP contribution is -2.09. The fraction of sp³-hybridized carbons (Fsp3) is 0.500. The zero-order chi connectivity index (χ0) is 11.3. The number of fused-ring (bicyclic) bond motifs is 2. The lowest BCUT2D eigenvalue weighted by atomic mass is 9.80. The van der Waals surface area contributed by atoms with Crippen molar-refractivity contribution in [3.8, 4) is 0 Å². The third kappa shape index (κ3) is 1.29. The predicted molar refractivity (Wildman–Crippen MR) is 69.1 cm³/mol. The molecule has 3 aliphatic rings. The highest BCUT2D eigenvalue weighted by Crippen LogP contribution is 2.58. The highest BCUT2D eigenvalue weighted by Gasteiger charge is 2.46. The molecule has 2 atom stereocenters. The van der Waals surface area contributed by atoms with Gasteiger partial charge in [0.1, 0.15) is 0 Å². The van der Waals surface area contributed by atoms with E-state index in [2.05, 4.69) is 39.0 Å². The van der Waals surface area contributed by atoms with Crippen molar-refractivity contribution in [2.75, 3.05) is 0 Å². The van der Waals surface area contributed by atoms with Crippen LogP contribution in [0.3, 0.4) is 0 Å². The third-order valence-electron chi connectivity index (χ3n) is 4.48. The van der Waals surface area contributed by atoms with Gasteiger partial charge in [0, 0.05) is 0 Å². The van der Waals surface area contributed by atoms with Crippen molar-refractivity contribution >= 4 is 0 Å². The second kappa shape index (κ2) is 3.48. The summed E-state index contributed by atoms with van der Waals surface area (Å²) in [5.74, 6) is 1.71. The molecule has 0 spiro atoms. The summed E-state index contributed by atoms with van der Waals surface area (Å²) in [5, 5.41) is 0. The van der Waals surface area contributed by atoms with Gasteiger partial charge in [0.25, 0.3) is 0 Å². The molecule has 0 nitrogen and oxygen atoms in total. The van der Waals surface area contributed by atoms with Gasteiger partial charge in [-0.2, -0.15) is 0 Å². The molecule has 0 saturated heterocycles. The van der Waals surface area contributed by atoms with Gasteiger partial charge in [-0.15, -0.1) is 0 Å². The first-order valence-electron chi connectivity index (χ1n) is 6.48. The van der Waals surface area contributed by atoms with Crippen molar-refractivity contribution in [1.29, 1.82) is 0 Å². The molecule has 0 aromatic heterocycles. The monoisotopic (exact) mass is 212 g/mol. The van der Waals surface area contributed by atoms with Crippen LogP contribution in [0.15, 0.2) is 46.1 Å². The van der Waals surface area contributed by atoms with Gasteiger partial charge in [-0.25, -0.2) is 0 Å². The summed E-state index contributed by atoms with van der Waals surface area (Å²) in [6, 6.07) is 0. The van der Waals surface area contributed by atoms with Gasteiger partial charge in [-0.05, 0) is 74.2 Å². The molecule has 2 unspecified atom stereocenters. The normalized spacial score (nSPS) is 32.8. The molecular formula is C16H20. The lowest BCUT2D eigenvalue weighted by molar-refractivity contribution is 0.803. The summed E-state index contributed by atoms with van der Waals surface area (Å²) in [7, 11) is 0. The second-order valence-electron chi connectivity index (χ2n) is 5.33. The van der Waals surface area contributed by atoms with E-state index in [0.29, 0.717) is 0 Å². The van der Waals surface area contributed by atoms with Crippen molar-refractivity contribution < 1.29 is 0 Å². The Bertz CT molecular complexity index is 454. The minimum absolute atomic E-state index is 0.845. The summed E-state index contributed by atoms with van der Waals surface area (Å²) < 4.78 is 0. The molecule has 0 aromatic carbocycles. The molecule has 1 saturated carbocycles. The van der Waals surface area contributed by atoms with Gasteiger partial charge in [0.2, 0.25) is 0 Å². The van der Waals surface area contributed by atoms with Crippen LogP contribution in [0.5, 0.6) is 0 Å². The van der Waals surface area contributed by atoms with Crippen molar-refractivity contribution in [1.82, 2.24) is 0 Å². The summed E-state index contributed by atoms with van der Waals surface area (Å²) in [4.78, 5) is 0. The maximum absolute atomic E-state index is 2.40. The van der Waals surface area contributed by atoms with Crippen LogP contribution in [0.2, 0.25) is 0 Å². The molecule has 0 N–H and O–H groups in total. The maximum atomic E-state index is 2.40. The summed E-state index contributed by atoms with van der Waals surface area (Å²) in [6.07, 6.45) is 10.9. The Hall–Kier alpha value is -1.04. The molecule has 3 aliphatic carbocycles. The van der Waals surface area contributed by atoms with Crippen molar-refractivity contribution in [2.24, 2.45) is 11.8 Å². The summed E-state index contributed by atoms with van der Waals surface area (Å²) >= 11 is 0. The average Bonchev–Trinajstić information content (AvgIpc) is 3.09. The van der Waals surface area contributed by atoms with Crippen molar-refractivity contribution in [3.05, 3.63) is 46.1 Å². The zero-order valence-corrected chi connectivity index (χ0v) is 10.5. The van der Waals surface area contributed by atoms with Crippen LogP contribution in [0.4, 0.5) is 0 Å². The zero-order valence-electron chi connectivity index (χ0n) is 10.5. The minimum Gasteiger partial charge on any atom is -0.0844 e. The maximum Gasteiger partial charge on any atom is -0.00815 e. The lowest BCUT2D eigenvalue weighted by Gasteiger charge is -2.25. The van der Waals surface area contributed by atoms with Crippen LogP contribution in [-0.2, 0) is 0 Å². The van der Waals surface area contributed by atoms with Crippen LogP contribution >= 0.6 is 0 Å². The number of hydrogen-bond donors (Lipinski definition) is 0. The van der Waals surface area contributed by atoms with Crippen LogP contribution in [0, 0.1) is 11.8 Å². The molecule has 0 radical (unpaired) electrons. The first-order chi connectivity index (χ1) is 7.74. The molecule has 0 amide bonds. The Morgan fingerprint density at radius 2 is 2.19 bits per heavy atom. The quantitative estimate of drug-likeness (QED) is 0.597. The van der Waals surface area contributed by atoms with Gasteiger partial charge >= 0.3 is 0 Å². The number of hydrogen-bond acceptors (Lipinski definition) is 0. The molecule has 0 aromatic rings. The second-order valence-corrected chi connectivity index (χ2v) is 5.33. The fourth-order valence-corrected chi connectivity index (χ4v) is 3.48. The van der Waals surface area contributed by atoms with Gasteiger partial charge in [-0.1, -0.05) is 23.8 Å². The molecule has 3 rings (SSSR count). The van der Waals surface area contributed by atoms with E-state index in [1.165, 1.54) is 24.8 Å². The number of allylic oxidation sites excluding steroid dienone is 8. The molecule has 0 heterocycles. The first-order valence-corrected chi connectivity index (χ1v) is 6.48. The standard InChI is InChI=1S/C16H20/c1-4-10(2)16-11(3)12-7-5-6-8-13(12)14-9-15(14)16/h4,6,8,14-15H,5,7,9H2,1-3H3/b10-4-. The predicted octanol–water partition coefficient (Wildman–Crippen LogP) is 4.57. The van der Waals surface area contributed by atoms with E-state index >= 15 is 0 Å². The Morgan fingerprint density at radius 3 is 2.94 bits per heavy atom. The average molecular weight is 212 g/mol. The summed E-state index contributed by atoms with van der Waals surface area (Å²) in [6.45, 7) is 6.78. The van der Waals surface area contributed by atoms with Crippen LogP contribution in [0.1, 0.15) is 40.0 Å². The highest BCUT2D eigenvalue weighted by atomic mass is 14.5. The van der Waals surface area contributed by atoms with Crippen molar-refractivity contribution in [2.45, 2.75) is 40.0 Å². The van der Waals surface area contributed by atoms with Gasteiger partial charge < -0.3 is 0 Å². The molecular weight excluding hydrogens is 192 g/mol.